The number of anilines is 1. The first-order valence-corrected chi connectivity index (χ1v) is 10.1. The van der Waals surface area contributed by atoms with Crippen LogP contribution in [0.2, 0.25) is 0 Å². The molecule has 152 valence electrons. The van der Waals surface area contributed by atoms with Crippen molar-refractivity contribution < 1.29 is 9.59 Å². The Morgan fingerprint density at radius 3 is 2.57 bits per heavy atom. The second kappa shape index (κ2) is 8.11. The van der Waals surface area contributed by atoms with Gasteiger partial charge in [0.2, 0.25) is 11.8 Å². The number of para-hydroxylation sites is 1. The van der Waals surface area contributed by atoms with Gasteiger partial charge in [0.05, 0.1) is 5.41 Å². The molecule has 0 radical (unpaired) electrons. The van der Waals surface area contributed by atoms with E-state index >= 15 is 0 Å². The van der Waals surface area contributed by atoms with Crippen molar-refractivity contribution in [2.45, 2.75) is 31.7 Å². The van der Waals surface area contributed by atoms with Crippen molar-refractivity contribution in [3.05, 3.63) is 95.3 Å². The Morgan fingerprint density at radius 1 is 1.07 bits per heavy atom. The summed E-state index contributed by atoms with van der Waals surface area (Å²) in [4.78, 5) is 32.3. The number of carbonyl (C=O) groups is 2. The van der Waals surface area contributed by atoms with Crippen LogP contribution in [0.3, 0.4) is 0 Å². The number of carbonyl (C=O) groups excluding carboxylic acids is 2. The zero-order valence-electron chi connectivity index (χ0n) is 17.3. The molecule has 0 aliphatic carbocycles. The van der Waals surface area contributed by atoms with Crippen LogP contribution in [0.15, 0.2) is 73.1 Å². The van der Waals surface area contributed by atoms with Crippen molar-refractivity contribution in [3.63, 3.8) is 0 Å². The van der Waals surface area contributed by atoms with E-state index in [0.717, 1.165) is 27.9 Å². The number of likely N-dealkylation sites (N-methyl/N-ethyl adjacent to an activating group) is 1. The second-order valence-corrected chi connectivity index (χ2v) is 7.88. The Hall–Kier alpha value is -3.47. The van der Waals surface area contributed by atoms with Crippen LogP contribution in [0.4, 0.5) is 5.69 Å². The summed E-state index contributed by atoms with van der Waals surface area (Å²) >= 11 is 0. The summed E-state index contributed by atoms with van der Waals surface area (Å²) in [5.74, 6) is -0.177. The third-order valence-electron chi connectivity index (χ3n) is 5.92. The lowest BCUT2D eigenvalue weighted by atomic mass is 9.73. The molecule has 0 saturated heterocycles. The normalized spacial score (nSPS) is 17.7. The van der Waals surface area contributed by atoms with Gasteiger partial charge in [-0.05, 0) is 47.7 Å². The van der Waals surface area contributed by atoms with Gasteiger partial charge >= 0.3 is 0 Å². The van der Waals surface area contributed by atoms with Crippen LogP contribution in [-0.4, -0.2) is 23.8 Å². The predicted octanol–water partition coefficient (Wildman–Crippen LogP) is 3.55. The first-order chi connectivity index (χ1) is 14.5. The van der Waals surface area contributed by atoms with Crippen molar-refractivity contribution in [2.24, 2.45) is 0 Å². The smallest absolute Gasteiger partial charge is 0.238 e. The lowest BCUT2D eigenvalue weighted by Gasteiger charge is -2.28. The van der Waals surface area contributed by atoms with Crippen LogP contribution >= 0.6 is 0 Å². The molecule has 0 bridgehead atoms. The molecule has 5 nitrogen and oxygen atoms in total. The number of hydrogen-bond acceptors (Lipinski definition) is 3. The minimum atomic E-state index is -0.913. The van der Waals surface area contributed by atoms with E-state index in [2.05, 4.69) is 10.3 Å². The summed E-state index contributed by atoms with van der Waals surface area (Å²) in [6.45, 7) is 2.39. The maximum atomic E-state index is 13.5. The number of nitrogens with one attached hydrogen (secondary N) is 1. The zero-order valence-corrected chi connectivity index (χ0v) is 17.3. The highest BCUT2D eigenvalue weighted by molar-refractivity contribution is 6.09. The van der Waals surface area contributed by atoms with Crippen LogP contribution in [0.5, 0.6) is 0 Å². The van der Waals surface area contributed by atoms with E-state index in [0.29, 0.717) is 13.0 Å². The van der Waals surface area contributed by atoms with Gasteiger partial charge in [-0.2, -0.15) is 0 Å². The molecule has 1 aliphatic heterocycles. The molecule has 1 aromatic heterocycles. The summed E-state index contributed by atoms with van der Waals surface area (Å²) in [6.07, 6.45) is 4.09. The number of aryl methyl sites for hydroxylation is 1. The quantitative estimate of drug-likeness (QED) is 0.689. The van der Waals surface area contributed by atoms with Gasteiger partial charge in [-0.3, -0.25) is 14.6 Å². The zero-order chi connectivity index (χ0) is 21.1. The highest BCUT2D eigenvalue weighted by Crippen LogP contribution is 2.45. The van der Waals surface area contributed by atoms with Crippen molar-refractivity contribution in [1.82, 2.24) is 10.3 Å². The Kier molecular flexibility index (Phi) is 5.36. The molecule has 2 amide bonds. The average molecular weight is 399 g/mol. The molecule has 1 N–H and O–H groups in total. The molecule has 30 heavy (non-hydrogen) atoms. The van der Waals surface area contributed by atoms with E-state index in [-0.39, 0.29) is 18.2 Å². The van der Waals surface area contributed by atoms with Gasteiger partial charge in [0.15, 0.2) is 0 Å². The van der Waals surface area contributed by atoms with E-state index in [1.807, 2.05) is 67.6 Å². The van der Waals surface area contributed by atoms with Gasteiger partial charge in [-0.1, -0.05) is 48.5 Å². The molecule has 1 atom stereocenters. The van der Waals surface area contributed by atoms with E-state index in [9.17, 15) is 9.59 Å². The van der Waals surface area contributed by atoms with E-state index in [1.54, 1.807) is 24.3 Å². The molecule has 4 rings (SSSR count). The molecule has 3 aromatic rings. The lowest BCUT2D eigenvalue weighted by molar-refractivity contribution is -0.129. The molecule has 0 spiro atoms. The third kappa shape index (κ3) is 3.59. The number of nitrogens with zero attached hydrogens (tertiary/aromatic N) is 2. The van der Waals surface area contributed by atoms with Gasteiger partial charge in [0, 0.05) is 38.1 Å². The molecule has 0 fully saturated rings. The predicted molar refractivity (Wildman–Crippen MR) is 117 cm³/mol. The van der Waals surface area contributed by atoms with E-state index in [4.69, 9.17) is 0 Å². The fourth-order valence-corrected chi connectivity index (χ4v) is 4.30. The van der Waals surface area contributed by atoms with Crippen LogP contribution in [0.25, 0.3) is 0 Å². The molecule has 5 heteroatoms. The Balaban J connectivity index is 1.64. The number of amides is 2. The number of pyridine rings is 1. The van der Waals surface area contributed by atoms with E-state index < -0.39 is 5.41 Å². The van der Waals surface area contributed by atoms with Gasteiger partial charge in [-0.15, -0.1) is 0 Å². The summed E-state index contributed by atoms with van der Waals surface area (Å²) in [5, 5.41) is 3.01. The van der Waals surface area contributed by atoms with Gasteiger partial charge < -0.3 is 10.2 Å². The first kappa shape index (κ1) is 19.8. The minimum absolute atomic E-state index is 0.0391. The van der Waals surface area contributed by atoms with Crippen molar-refractivity contribution in [3.8, 4) is 0 Å². The van der Waals surface area contributed by atoms with Gasteiger partial charge in [-0.25, -0.2) is 0 Å². The Morgan fingerprint density at radius 2 is 1.80 bits per heavy atom. The molecular formula is C25H25N3O2. The van der Waals surface area contributed by atoms with Crippen LogP contribution in [0.1, 0.15) is 28.7 Å². The van der Waals surface area contributed by atoms with Gasteiger partial charge in [0.1, 0.15) is 0 Å². The molecule has 2 aromatic carbocycles. The largest absolute Gasteiger partial charge is 0.352 e. The fourth-order valence-electron chi connectivity index (χ4n) is 4.30. The number of benzene rings is 2. The minimum Gasteiger partial charge on any atom is -0.352 e. The average Bonchev–Trinajstić information content (AvgIpc) is 2.96. The monoisotopic (exact) mass is 399 g/mol. The number of fused-ring (bicyclic) bond motifs is 1. The van der Waals surface area contributed by atoms with Crippen molar-refractivity contribution >= 4 is 17.5 Å². The van der Waals surface area contributed by atoms with E-state index in [1.165, 1.54) is 0 Å². The topological polar surface area (TPSA) is 62.3 Å². The SMILES string of the molecule is Cc1cnccc1CNC(=O)C[C@@]1(Cc2ccccc2)C(=O)N(C)c2ccccc21. The summed E-state index contributed by atoms with van der Waals surface area (Å²) in [6, 6.07) is 19.6. The molecule has 0 unspecified atom stereocenters. The first-order valence-electron chi connectivity index (χ1n) is 10.1. The molecule has 0 saturated carbocycles. The summed E-state index contributed by atoms with van der Waals surface area (Å²) in [7, 11) is 1.78. The number of hydrogen-bond donors (Lipinski definition) is 1. The summed E-state index contributed by atoms with van der Waals surface area (Å²) in [5.41, 5.74) is 3.95. The second-order valence-electron chi connectivity index (χ2n) is 7.88. The Labute approximate surface area is 176 Å². The number of rotatable bonds is 6. The molecule has 2 heterocycles. The van der Waals surface area contributed by atoms with Crippen LogP contribution in [-0.2, 0) is 28.0 Å². The molecular weight excluding hydrogens is 374 g/mol. The van der Waals surface area contributed by atoms with Crippen molar-refractivity contribution in [2.75, 3.05) is 11.9 Å². The van der Waals surface area contributed by atoms with Gasteiger partial charge in [0.25, 0.3) is 0 Å². The lowest BCUT2D eigenvalue weighted by Crippen LogP contribution is -2.44. The van der Waals surface area contributed by atoms with Crippen LogP contribution in [0, 0.1) is 6.92 Å². The number of aromatic nitrogens is 1. The third-order valence-corrected chi connectivity index (χ3v) is 5.92. The molecule has 1 aliphatic rings. The maximum Gasteiger partial charge on any atom is 0.238 e. The highest BCUT2D eigenvalue weighted by atomic mass is 16.2. The standard InChI is InChI=1S/C25H25N3O2/c1-18-16-26-13-12-20(18)17-27-23(29)15-25(14-19-8-4-3-5-9-19)21-10-6-7-11-22(21)28(2)24(25)30/h3-13,16H,14-15,17H2,1-2H3,(H,27,29)/t25-/m1/s1. The Bertz CT molecular complexity index is 1080. The van der Waals surface area contributed by atoms with Crippen LogP contribution < -0.4 is 10.2 Å². The maximum absolute atomic E-state index is 13.5. The summed E-state index contributed by atoms with van der Waals surface area (Å²) < 4.78 is 0. The van der Waals surface area contributed by atoms with Crippen molar-refractivity contribution in [1.29, 1.82) is 0 Å². The fraction of sp³-hybridized carbons (Fsp3) is 0.240. The highest BCUT2D eigenvalue weighted by Gasteiger charge is 2.50.